The summed E-state index contributed by atoms with van der Waals surface area (Å²) in [6.45, 7) is 8.94. The lowest BCUT2D eigenvalue weighted by molar-refractivity contribution is 0.0504. The number of hydrogen-bond acceptors (Lipinski definition) is 6. The third-order valence-corrected chi connectivity index (χ3v) is 7.65. The maximum Gasteiger partial charge on any atom is 0.119 e. The Kier molecular flexibility index (Phi) is 8.39. The Balaban J connectivity index is 1.31. The first-order valence-corrected chi connectivity index (χ1v) is 12.6. The Morgan fingerprint density at radius 2 is 1.71 bits per heavy atom. The molecule has 0 bridgehead atoms. The lowest BCUT2D eigenvalue weighted by Crippen LogP contribution is -2.52. The maximum absolute atomic E-state index is 9.65. The van der Waals surface area contributed by atoms with Crippen LogP contribution >= 0.6 is 11.3 Å². The van der Waals surface area contributed by atoms with E-state index in [2.05, 4.69) is 45.0 Å². The fraction of sp³-hybridized carbons (Fsp3) is 0.600. The number of hydrogen-bond donors (Lipinski definition) is 1. The Labute approximate surface area is 191 Å². The summed E-state index contributed by atoms with van der Waals surface area (Å²) in [6, 6.07) is 13.4. The number of aliphatic hydroxyl groups is 1. The van der Waals surface area contributed by atoms with Gasteiger partial charge in [-0.3, -0.25) is 14.7 Å². The molecule has 31 heavy (non-hydrogen) atoms. The number of aliphatic hydroxyl groups excluding tert-OH is 1. The molecule has 1 atom stereocenters. The molecule has 0 spiro atoms. The summed E-state index contributed by atoms with van der Waals surface area (Å²) in [4.78, 5) is 10.7. The number of methoxy groups -OCH3 is 1. The second-order valence-corrected chi connectivity index (χ2v) is 10.2. The number of rotatable bonds is 9. The first-order valence-electron chi connectivity index (χ1n) is 11.7. The van der Waals surface area contributed by atoms with Crippen molar-refractivity contribution < 1.29 is 9.84 Å². The van der Waals surface area contributed by atoms with Crippen LogP contribution < -0.4 is 4.74 Å². The van der Waals surface area contributed by atoms with Crippen LogP contribution in [0.3, 0.4) is 0 Å². The highest BCUT2D eigenvalue weighted by Gasteiger charge is 2.27. The monoisotopic (exact) mass is 443 g/mol. The molecule has 0 unspecified atom stereocenters. The number of thiophene rings is 1. The maximum atomic E-state index is 9.65. The van der Waals surface area contributed by atoms with Gasteiger partial charge in [-0.2, -0.15) is 0 Å². The summed E-state index contributed by atoms with van der Waals surface area (Å²) in [5.74, 6) is 0.910. The van der Waals surface area contributed by atoms with E-state index in [1.54, 1.807) is 7.11 Å². The first-order chi connectivity index (χ1) is 15.2. The summed E-state index contributed by atoms with van der Waals surface area (Å²) in [5.41, 5.74) is 1.27. The van der Waals surface area contributed by atoms with Gasteiger partial charge in [0.1, 0.15) is 5.75 Å². The average Bonchev–Trinajstić information content (AvgIpc) is 3.23. The van der Waals surface area contributed by atoms with Crippen LogP contribution in [-0.4, -0.2) is 72.3 Å². The molecule has 170 valence electrons. The molecule has 0 aliphatic carbocycles. The molecule has 0 radical (unpaired) electrons. The highest BCUT2D eigenvalue weighted by molar-refractivity contribution is 7.11. The zero-order chi connectivity index (χ0) is 21.5. The van der Waals surface area contributed by atoms with Crippen LogP contribution in [0.4, 0.5) is 0 Å². The van der Waals surface area contributed by atoms with Gasteiger partial charge in [0, 0.05) is 61.7 Å². The van der Waals surface area contributed by atoms with Crippen molar-refractivity contribution in [2.75, 3.05) is 46.4 Å². The topological polar surface area (TPSA) is 39.2 Å². The van der Waals surface area contributed by atoms with E-state index in [-0.39, 0.29) is 6.61 Å². The lowest BCUT2D eigenvalue weighted by atomic mass is 10.1. The van der Waals surface area contributed by atoms with Crippen molar-refractivity contribution in [1.29, 1.82) is 0 Å². The third kappa shape index (κ3) is 6.53. The molecule has 2 aromatic rings. The second kappa shape index (κ2) is 11.4. The van der Waals surface area contributed by atoms with Crippen molar-refractivity contribution in [3.05, 3.63) is 51.7 Å². The molecule has 3 heterocycles. The van der Waals surface area contributed by atoms with E-state index in [1.165, 1.54) is 47.7 Å². The Hall–Kier alpha value is -1.44. The van der Waals surface area contributed by atoms with Gasteiger partial charge in [-0.05, 0) is 62.2 Å². The van der Waals surface area contributed by atoms with Crippen LogP contribution in [-0.2, 0) is 19.6 Å². The average molecular weight is 444 g/mol. The standard InChI is InChI=1S/C25H37N3O2S/c1-30-23-7-5-6-21(16-23)17-28-14-13-27(18-22(28)10-15-29)20-25-9-8-24(31-25)19-26-11-3-2-4-12-26/h5-9,16,22,29H,2-4,10-15,17-20H2,1H3/t22-/m1/s1. The van der Waals surface area contributed by atoms with Gasteiger partial charge in [0.25, 0.3) is 0 Å². The normalized spacial score (nSPS) is 21.4. The summed E-state index contributed by atoms with van der Waals surface area (Å²) in [7, 11) is 1.72. The van der Waals surface area contributed by atoms with Gasteiger partial charge in [0.05, 0.1) is 7.11 Å². The van der Waals surface area contributed by atoms with Gasteiger partial charge in [-0.1, -0.05) is 18.6 Å². The second-order valence-electron chi connectivity index (χ2n) is 8.93. The van der Waals surface area contributed by atoms with E-state index in [0.29, 0.717) is 6.04 Å². The van der Waals surface area contributed by atoms with Gasteiger partial charge in [-0.25, -0.2) is 0 Å². The molecule has 1 N–H and O–H groups in total. The van der Waals surface area contributed by atoms with Crippen molar-refractivity contribution in [1.82, 2.24) is 14.7 Å². The predicted molar refractivity (Wildman–Crippen MR) is 128 cm³/mol. The number of nitrogens with zero attached hydrogens (tertiary/aromatic N) is 3. The zero-order valence-corrected chi connectivity index (χ0v) is 19.7. The zero-order valence-electron chi connectivity index (χ0n) is 18.8. The molecule has 0 amide bonds. The van der Waals surface area contributed by atoms with Crippen LogP contribution in [0.25, 0.3) is 0 Å². The molecule has 4 rings (SSSR count). The Morgan fingerprint density at radius 1 is 0.935 bits per heavy atom. The first kappa shape index (κ1) is 22.7. The highest BCUT2D eigenvalue weighted by atomic mass is 32.1. The van der Waals surface area contributed by atoms with Crippen molar-refractivity contribution in [3.8, 4) is 5.75 Å². The minimum absolute atomic E-state index is 0.242. The third-order valence-electron chi connectivity index (χ3n) is 6.60. The fourth-order valence-corrected chi connectivity index (χ4v) is 5.99. The quantitative estimate of drug-likeness (QED) is 0.638. The number of piperidine rings is 1. The molecule has 2 saturated heterocycles. The number of piperazine rings is 1. The lowest BCUT2D eigenvalue weighted by Gasteiger charge is -2.41. The van der Waals surface area contributed by atoms with Gasteiger partial charge >= 0.3 is 0 Å². The molecule has 1 aromatic carbocycles. The fourth-order valence-electron chi connectivity index (χ4n) is 4.89. The largest absolute Gasteiger partial charge is 0.497 e. The van der Waals surface area contributed by atoms with Crippen molar-refractivity contribution >= 4 is 11.3 Å². The molecular formula is C25H37N3O2S. The summed E-state index contributed by atoms with van der Waals surface area (Å²) < 4.78 is 5.38. The smallest absolute Gasteiger partial charge is 0.119 e. The molecular weight excluding hydrogens is 406 g/mol. The minimum Gasteiger partial charge on any atom is -0.497 e. The molecule has 5 nitrogen and oxygen atoms in total. The van der Waals surface area contributed by atoms with Crippen LogP contribution in [0.2, 0.25) is 0 Å². The summed E-state index contributed by atoms with van der Waals surface area (Å²) >= 11 is 1.98. The van der Waals surface area contributed by atoms with E-state index in [0.717, 1.165) is 51.4 Å². The number of likely N-dealkylation sites (tertiary alicyclic amines) is 1. The van der Waals surface area contributed by atoms with E-state index in [9.17, 15) is 5.11 Å². The van der Waals surface area contributed by atoms with E-state index >= 15 is 0 Å². The summed E-state index contributed by atoms with van der Waals surface area (Å²) in [6.07, 6.45) is 4.92. The molecule has 1 aromatic heterocycles. The highest BCUT2D eigenvalue weighted by Crippen LogP contribution is 2.24. The minimum atomic E-state index is 0.242. The molecule has 6 heteroatoms. The molecule has 0 saturated carbocycles. The Bertz CT molecular complexity index is 806. The van der Waals surface area contributed by atoms with Crippen molar-refractivity contribution in [2.45, 2.75) is 51.4 Å². The predicted octanol–water partition coefficient (Wildman–Crippen LogP) is 3.81. The number of benzene rings is 1. The van der Waals surface area contributed by atoms with Crippen molar-refractivity contribution in [2.24, 2.45) is 0 Å². The van der Waals surface area contributed by atoms with Crippen LogP contribution in [0.1, 0.15) is 41.0 Å². The van der Waals surface area contributed by atoms with Crippen LogP contribution in [0, 0.1) is 0 Å². The molecule has 2 fully saturated rings. The molecule has 2 aliphatic rings. The van der Waals surface area contributed by atoms with E-state index < -0.39 is 0 Å². The van der Waals surface area contributed by atoms with Crippen LogP contribution in [0.15, 0.2) is 36.4 Å². The summed E-state index contributed by atoms with van der Waals surface area (Å²) in [5, 5.41) is 9.65. The SMILES string of the molecule is COc1cccc(CN2CCN(Cc3ccc(CN4CCCCC4)s3)C[C@H]2CCO)c1. The van der Waals surface area contributed by atoms with Gasteiger partial charge < -0.3 is 9.84 Å². The molecule has 2 aliphatic heterocycles. The van der Waals surface area contributed by atoms with E-state index in [1.807, 2.05) is 17.4 Å². The van der Waals surface area contributed by atoms with Crippen molar-refractivity contribution in [3.63, 3.8) is 0 Å². The van der Waals surface area contributed by atoms with Gasteiger partial charge in [-0.15, -0.1) is 11.3 Å². The number of ether oxygens (including phenoxy) is 1. The Morgan fingerprint density at radius 3 is 2.45 bits per heavy atom. The van der Waals surface area contributed by atoms with Crippen LogP contribution in [0.5, 0.6) is 5.75 Å². The van der Waals surface area contributed by atoms with E-state index in [4.69, 9.17) is 4.74 Å². The van der Waals surface area contributed by atoms with Gasteiger partial charge in [0.15, 0.2) is 0 Å². The van der Waals surface area contributed by atoms with Gasteiger partial charge in [0.2, 0.25) is 0 Å².